The van der Waals surface area contributed by atoms with Crippen LogP contribution in [0.25, 0.3) is 0 Å². The van der Waals surface area contributed by atoms with Crippen LogP contribution in [0.2, 0.25) is 0 Å². The fourth-order valence-electron chi connectivity index (χ4n) is 2.12. The Hall–Kier alpha value is -0.120. The van der Waals surface area contributed by atoms with Crippen LogP contribution in [0, 0.1) is 0 Å². The zero-order valence-corrected chi connectivity index (χ0v) is 10.7. The SMILES string of the molecule is CCCC(N)C(CO)N(CC)C(C)CC. The first-order valence-corrected chi connectivity index (χ1v) is 6.24. The molecule has 3 heteroatoms. The maximum atomic E-state index is 9.45. The van der Waals surface area contributed by atoms with Gasteiger partial charge in [-0.15, -0.1) is 0 Å². The molecule has 0 bridgehead atoms. The quantitative estimate of drug-likeness (QED) is 0.648. The summed E-state index contributed by atoms with van der Waals surface area (Å²) in [6, 6.07) is 0.703. The number of nitrogens with zero attached hydrogens (tertiary/aromatic N) is 1. The Balaban J connectivity index is 4.44. The molecule has 0 aliphatic carbocycles. The van der Waals surface area contributed by atoms with E-state index in [9.17, 15) is 5.11 Å². The van der Waals surface area contributed by atoms with Crippen LogP contribution in [-0.2, 0) is 0 Å². The largest absolute Gasteiger partial charge is 0.395 e. The highest BCUT2D eigenvalue weighted by molar-refractivity contribution is 4.83. The van der Waals surface area contributed by atoms with Crippen LogP contribution in [-0.4, -0.2) is 41.3 Å². The van der Waals surface area contributed by atoms with E-state index in [2.05, 4.69) is 32.6 Å². The summed E-state index contributed by atoms with van der Waals surface area (Å²) in [5.41, 5.74) is 6.11. The molecule has 0 saturated heterocycles. The van der Waals surface area contributed by atoms with Crippen LogP contribution >= 0.6 is 0 Å². The standard InChI is InChI=1S/C12H28N2O/c1-5-8-11(13)12(9-15)14(7-3)10(4)6-2/h10-12,15H,5-9,13H2,1-4H3. The van der Waals surface area contributed by atoms with E-state index in [0.29, 0.717) is 6.04 Å². The molecule has 0 heterocycles. The summed E-state index contributed by atoms with van der Waals surface area (Å²) in [6.45, 7) is 9.76. The van der Waals surface area contributed by atoms with Gasteiger partial charge in [-0.05, 0) is 26.3 Å². The first-order valence-electron chi connectivity index (χ1n) is 6.24. The van der Waals surface area contributed by atoms with Gasteiger partial charge >= 0.3 is 0 Å². The van der Waals surface area contributed by atoms with E-state index in [4.69, 9.17) is 5.73 Å². The molecular formula is C12H28N2O. The van der Waals surface area contributed by atoms with Crippen molar-refractivity contribution in [3.63, 3.8) is 0 Å². The number of hydrogen-bond donors (Lipinski definition) is 2. The molecule has 0 fully saturated rings. The van der Waals surface area contributed by atoms with E-state index in [1.54, 1.807) is 0 Å². The average molecular weight is 216 g/mol. The van der Waals surface area contributed by atoms with Crippen LogP contribution in [0.3, 0.4) is 0 Å². The maximum absolute atomic E-state index is 9.45. The Kier molecular flexibility index (Phi) is 8.02. The lowest BCUT2D eigenvalue weighted by atomic mass is 10.0. The van der Waals surface area contributed by atoms with Gasteiger partial charge in [-0.2, -0.15) is 0 Å². The Bertz CT molecular complexity index is 153. The topological polar surface area (TPSA) is 49.5 Å². The fraction of sp³-hybridized carbons (Fsp3) is 1.00. The maximum Gasteiger partial charge on any atom is 0.0602 e. The third-order valence-electron chi connectivity index (χ3n) is 3.25. The van der Waals surface area contributed by atoms with E-state index in [1.165, 1.54) is 0 Å². The Morgan fingerprint density at radius 1 is 1.27 bits per heavy atom. The molecule has 0 spiro atoms. The molecule has 15 heavy (non-hydrogen) atoms. The van der Waals surface area contributed by atoms with Gasteiger partial charge in [-0.1, -0.05) is 27.2 Å². The highest BCUT2D eigenvalue weighted by Gasteiger charge is 2.25. The molecular weight excluding hydrogens is 188 g/mol. The van der Waals surface area contributed by atoms with Crippen molar-refractivity contribution < 1.29 is 5.11 Å². The molecule has 0 rings (SSSR count). The Morgan fingerprint density at radius 3 is 2.20 bits per heavy atom. The van der Waals surface area contributed by atoms with Gasteiger partial charge in [0.25, 0.3) is 0 Å². The van der Waals surface area contributed by atoms with Crippen molar-refractivity contribution >= 4 is 0 Å². The molecule has 0 aliphatic heterocycles. The van der Waals surface area contributed by atoms with E-state index in [0.717, 1.165) is 25.8 Å². The van der Waals surface area contributed by atoms with E-state index in [-0.39, 0.29) is 18.7 Å². The van der Waals surface area contributed by atoms with Gasteiger partial charge in [-0.3, -0.25) is 4.90 Å². The van der Waals surface area contributed by atoms with Gasteiger partial charge in [-0.25, -0.2) is 0 Å². The summed E-state index contributed by atoms with van der Waals surface area (Å²) < 4.78 is 0. The van der Waals surface area contributed by atoms with Crippen molar-refractivity contribution in [2.45, 2.75) is 65.1 Å². The molecule has 3 nitrogen and oxygen atoms in total. The Morgan fingerprint density at radius 2 is 1.87 bits per heavy atom. The second-order valence-electron chi connectivity index (χ2n) is 4.29. The Labute approximate surface area is 94.6 Å². The minimum Gasteiger partial charge on any atom is -0.395 e. The van der Waals surface area contributed by atoms with Gasteiger partial charge in [0.1, 0.15) is 0 Å². The van der Waals surface area contributed by atoms with Crippen LogP contribution in [0.5, 0.6) is 0 Å². The fourth-order valence-corrected chi connectivity index (χ4v) is 2.12. The predicted octanol–water partition coefficient (Wildman–Crippen LogP) is 1.60. The molecule has 0 radical (unpaired) electrons. The van der Waals surface area contributed by atoms with Crippen molar-refractivity contribution in [1.82, 2.24) is 4.90 Å². The van der Waals surface area contributed by atoms with E-state index < -0.39 is 0 Å². The number of likely N-dealkylation sites (N-methyl/N-ethyl adjacent to an activating group) is 1. The van der Waals surface area contributed by atoms with Crippen molar-refractivity contribution in [2.24, 2.45) is 5.73 Å². The second kappa shape index (κ2) is 8.08. The third kappa shape index (κ3) is 4.49. The molecule has 92 valence electrons. The summed E-state index contributed by atoms with van der Waals surface area (Å²) in [7, 11) is 0. The number of aliphatic hydroxyl groups excluding tert-OH is 1. The summed E-state index contributed by atoms with van der Waals surface area (Å²) in [5.74, 6) is 0. The van der Waals surface area contributed by atoms with Crippen LogP contribution in [0.15, 0.2) is 0 Å². The van der Waals surface area contributed by atoms with Crippen molar-refractivity contribution in [2.75, 3.05) is 13.2 Å². The highest BCUT2D eigenvalue weighted by atomic mass is 16.3. The summed E-state index contributed by atoms with van der Waals surface area (Å²) in [5, 5.41) is 9.45. The van der Waals surface area contributed by atoms with E-state index >= 15 is 0 Å². The first kappa shape index (κ1) is 14.9. The number of rotatable bonds is 8. The molecule has 0 saturated carbocycles. The zero-order chi connectivity index (χ0) is 11.8. The minimum absolute atomic E-state index is 0.0916. The predicted molar refractivity (Wildman–Crippen MR) is 65.9 cm³/mol. The zero-order valence-electron chi connectivity index (χ0n) is 10.7. The van der Waals surface area contributed by atoms with Crippen molar-refractivity contribution in [1.29, 1.82) is 0 Å². The molecule has 0 aromatic heterocycles. The smallest absolute Gasteiger partial charge is 0.0602 e. The number of hydrogen-bond acceptors (Lipinski definition) is 3. The summed E-state index contributed by atoms with van der Waals surface area (Å²) in [6.07, 6.45) is 3.16. The third-order valence-corrected chi connectivity index (χ3v) is 3.25. The van der Waals surface area contributed by atoms with Gasteiger partial charge in [0.15, 0.2) is 0 Å². The van der Waals surface area contributed by atoms with Gasteiger partial charge in [0, 0.05) is 18.1 Å². The van der Waals surface area contributed by atoms with Gasteiger partial charge < -0.3 is 10.8 Å². The van der Waals surface area contributed by atoms with Gasteiger partial charge in [0.2, 0.25) is 0 Å². The monoisotopic (exact) mass is 216 g/mol. The average Bonchev–Trinajstić information content (AvgIpc) is 2.24. The van der Waals surface area contributed by atoms with Crippen LogP contribution in [0.1, 0.15) is 47.0 Å². The van der Waals surface area contributed by atoms with Crippen LogP contribution < -0.4 is 5.73 Å². The highest BCUT2D eigenvalue weighted by Crippen LogP contribution is 2.13. The van der Waals surface area contributed by atoms with Crippen molar-refractivity contribution in [3.8, 4) is 0 Å². The summed E-state index contributed by atoms with van der Waals surface area (Å²) in [4.78, 5) is 2.32. The number of aliphatic hydroxyl groups is 1. The molecule has 0 aromatic rings. The van der Waals surface area contributed by atoms with Crippen LogP contribution in [0.4, 0.5) is 0 Å². The van der Waals surface area contributed by atoms with Gasteiger partial charge in [0.05, 0.1) is 6.61 Å². The lowest BCUT2D eigenvalue weighted by Crippen LogP contribution is -2.53. The normalized spacial score (nSPS) is 17.8. The van der Waals surface area contributed by atoms with Crippen molar-refractivity contribution in [3.05, 3.63) is 0 Å². The first-order chi connectivity index (χ1) is 7.12. The number of nitrogens with two attached hydrogens (primary N) is 1. The molecule has 0 aromatic carbocycles. The molecule has 3 unspecified atom stereocenters. The lowest BCUT2D eigenvalue weighted by Gasteiger charge is -2.37. The lowest BCUT2D eigenvalue weighted by molar-refractivity contribution is 0.0735. The molecule has 3 atom stereocenters. The second-order valence-corrected chi connectivity index (χ2v) is 4.29. The summed E-state index contributed by atoms with van der Waals surface area (Å²) >= 11 is 0. The van der Waals surface area contributed by atoms with E-state index in [1.807, 2.05) is 0 Å². The molecule has 0 amide bonds. The molecule has 3 N–H and O–H groups in total. The minimum atomic E-state index is 0.0916. The molecule has 0 aliphatic rings.